The van der Waals surface area contributed by atoms with Crippen LogP contribution in [0.25, 0.3) is 0 Å². The molecule has 0 unspecified atom stereocenters. The molecule has 2 aromatic rings. The standard InChI is InChI=1S/C13H7ClF2O3/c14-8-2-1-3-10(12(8)13(17)18)19-11-6-7(15)4-5-9(11)16/h1-6H,(H,17,18). The van der Waals surface area contributed by atoms with Crippen molar-refractivity contribution in [3.63, 3.8) is 0 Å². The highest BCUT2D eigenvalue weighted by Crippen LogP contribution is 2.31. The summed E-state index contributed by atoms with van der Waals surface area (Å²) < 4.78 is 31.5. The van der Waals surface area contributed by atoms with Gasteiger partial charge in [0.05, 0.1) is 5.02 Å². The van der Waals surface area contributed by atoms with Crippen molar-refractivity contribution in [3.8, 4) is 11.5 Å². The number of hydrogen-bond acceptors (Lipinski definition) is 2. The molecule has 1 N–H and O–H groups in total. The number of aromatic carboxylic acids is 1. The van der Waals surface area contributed by atoms with Gasteiger partial charge < -0.3 is 9.84 Å². The van der Waals surface area contributed by atoms with Crippen molar-refractivity contribution in [1.29, 1.82) is 0 Å². The van der Waals surface area contributed by atoms with E-state index in [1.54, 1.807) is 0 Å². The predicted octanol–water partition coefficient (Wildman–Crippen LogP) is 4.11. The lowest BCUT2D eigenvalue weighted by Crippen LogP contribution is -2.01. The van der Waals surface area contributed by atoms with E-state index in [0.29, 0.717) is 0 Å². The Morgan fingerprint density at radius 2 is 1.89 bits per heavy atom. The van der Waals surface area contributed by atoms with Gasteiger partial charge in [-0.1, -0.05) is 17.7 Å². The Kier molecular flexibility index (Phi) is 3.66. The summed E-state index contributed by atoms with van der Waals surface area (Å²) in [5, 5.41) is 8.96. The van der Waals surface area contributed by atoms with Crippen LogP contribution in [-0.4, -0.2) is 11.1 Å². The zero-order valence-corrected chi connectivity index (χ0v) is 10.1. The molecule has 0 fully saturated rings. The minimum absolute atomic E-state index is 0.0539. The summed E-state index contributed by atoms with van der Waals surface area (Å²) in [6.07, 6.45) is 0. The minimum Gasteiger partial charge on any atom is -0.478 e. The second-order valence-electron chi connectivity index (χ2n) is 3.59. The Morgan fingerprint density at radius 3 is 2.58 bits per heavy atom. The molecule has 0 saturated carbocycles. The lowest BCUT2D eigenvalue weighted by Gasteiger charge is -2.10. The van der Waals surface area contributed by atoms with Gasteiger partial charge in [0.1, 0.15) is 17.1 Å². The smallest absolute Gasteiger partial charge is 0.341 e. The van der Waals surface area contributed by atoms with E-state index in [1.165, 1.54) is 18.2 Å². The first kappa shape index (κ1) is 13.3. The van der Waals surface area contributed by atoms with E-state index in [-0.39, 0.29) is 16.3 Å². The molecule has 0 amide bonds. The van der Waals surface area contributed by atoms with Crippen molar-refractivity contribution in [2.45, 2.75) is 0 Å². The predicted molar refractivity (Wildman–Crippen MR) is 64.8 cm³/mol. The van der Waals surface area contributed by atoms with Crippen LogP contribution in [0.2, 0.25) is 5.02 Å². The minimum atomic E-state index is -1.32. The average molecular weight is 285 g/mol. The molecule has 0 atom stereocenters. The molecule has 0 saturated heterocycles. The summed E-state index contributed by atoms with van der Waals surface area (Å²) >= 11 is 5.73. The molecule has 3 nitrogen and oxygen atoms in total. The highest BCUT2D eigenvalue weighted by atomic mass is 35.5. The maximum atomic E-state index is 13.4. The molecule has 0 radical (unpaired) electrons. The van der Waals surface area contributed by atoms with Gasteiger partial charge in [0.15, 0.2) is 11.6 Å². The summed E-state index contributed by atoms with van der Waals surface area (Å²) in [6, 6.07) is 6.75. The quantitative estimate of drug-likeness (QED) is 0.922. The Hall–Kier alpha value is -2.14. The third-order valence-electron chi connectivity index (χ3n) is 2.30. The van der Waals surface area contributed by atoms with Crippen molar-refractivity contribution >= 4 is 17.6 Å². The molecule has 0 spiro atoms. The topological polar surface area (TPSA) is 46.5 Å². The lowest BCUT2D eigenvalue weighted by atomic mass is 10.2. The van der Waals surface area contributed by atoms with Crippen LogP contribution in [0.4, 0.5) is 8.78 Å². The Bertz CT molecular complexity index is 644. The molecule has 0 aromatic heterocycles. The number of ether oxygens (including phenoxy) is 1. The number of carboxylic acid groups (broad SMARTS) is 1. The van der Waals surface area contributed by atoms with Crippen LogP contribution in [-0.2, 0) is 0 Å². The van der Waals surface area contributed by atoms with E-state index in [4.69, 9.17) is 21.4 Å². The molecule has 0 heterocycles. The molecule has 6 heteroatoms. The number of halogens is 3. The largest absolute Gasteiger partial charge is 0.478 e. The molecular weight excluding hydrogens is 278 g/mol. The van der Waals surface area contributed by atoms with E-state index in [0.717, 1.165) is 18.2 Å². The van der Waals surface area contributed by atoms with Crippen LogP contribution in [0.1, 0.15) is 10.4 Å². The van der Waals surface area contributed by atoms with Gasteiger partial charge in [-0.15, -0.1) is 0 Å². The van der Waals surface area contributed by atoms with E-state index in [2.05, 4.69) is 0 Å². The first-order chi connectivity index (χ1) is 8.99. The van der Waals surface area contributed by atoms with E-state index >= 15 is 0 Å². The van der Waals surface area contributed by atoms with Crippen LogP contribution < -0.4 is 4.74 Å². The first-order valence-corrected chi connectivity index (χ1v) is 5.51. The summed E-state index contributed by atoms with van der Waals surface area (Å²) in [7, 11) is 0. The zero-order valence-electron chi connectivity index (χ0n) is 9.36. The third-order valence-corrected chi connectivity index (χ3v) is 2.62. The van der Waals surface area contributed by atoms with Crippen LogP contribution in [0.3, 0.4) is 0 Å². The van der Waals surface area contributed by atoms with E-state index in [1.807, 2.05) is 0 Å². The van der Waals surface area contributed by atoms with Crippen molar-refractivity contribution in [3.05, 3.63) is 58.6 Å². The summed E-state index contributed by atoms with van der Waals surface area (Å²) in [4.78, 5) is 11.1. The second kappa shape index (κ2) is 5.24. The second-order valence-corrected chi connectivity index (χ2v) is 4.00. The number of carbonyl (C=O) groups is 1. The van der Waals surface area contributed by atoms with E-state index in [9.17, 15) is 13.6 Å². The van der Waals surface area contributed by atoms with Crippen LogP contribution >= 0.6 is 11.6 Å². The van der Waals surface area contributed by atoms with Crippen molar-refractivity contribution in [2.24, 2.45) is 0 Å². The lowest BCUT2D eigenvalue weighted by molar-refractivity contribution is 0.0694. The van der Waals surface area contributed by atoms with Crippen LogP contribution in [0.15, 0.2) is 36.4 Å². The van der Waals surface area contributed by atoms with Gasteiger partial charge in [-0.05, 0) is 24.3 Å². The van der Waals surface area contributed by atoms with Gasteiger partial charge in [0.25, 0.3) is 0 Å². The fourth-order valence-corrected chi connectivity index (χ4v) is 1.72. The number of hydrogen-bond donors (Lipinski definition) is 1. The van der Waals surface area contributed by atoms with Crippen molar-refractivity contribution in [1.82, 2.24) is 0 Å². The fraction of sp³-hybridized carbons (Fsp3) is 0. The maximum absolute atomic E-state index is 13.4. The third kappa shape index (κ3) is 2.82. The summed E-state index contributed by atoms with van der Waals surface area (Å²) in [5.41, 5.74) is -0.312. The van der Waals surface area contributed by atoms with Gasteiger partial charge in [0.2, 0.25) is 0 Å². The zero-order chi connectivity index (χ0) is 14.0. The molecule has 0 aliphatic carbocycles. The van der Waals surface area contributed by atoms with Crippen LogP contribution in [0, 0.1) is 11.6 Å². The molecular formula is C13H7ClF2O3. The number of benzene rings is 2. The van der Waals surface area contributed by atoms with Gasteiger partial charge in [-0.25, -0.2) is 13.6 Å². The monoisotopic (exact) mass is 284 g/mol. The molecule has 98 valence electrons. The summed E-state index contributed by atoms with van der Waals surface area (Å²) in [5.74, 6) is -3.40. The molecule has 19 heavy (non-hydrogen) atoms. The fourth-order valence-electron chi connectivity index (χ4n) is 1.47. The molecule has 2 rings (SSSR count). The SMILES string of the molecule is O=C(O)c1c(Cl)cccc1Oc1cc(F)ccc1F. The van der Waals surface area contributed by atoms with E-state index < -0.39 is 23.4 Å². The summed E-state index contributed by atoms with van der Waals surface area (Å²) in [6.45, 7) is 0. The van der Waals surface area contributed by atoms with Gasteiger partial charge in [0, 0.05) is 6.07 Å². The van der Waals surface area contributed by atoms with Crippen molar-refractivity contribution in [2.75, 3.05) is 0 Å². The maximum Gasteiger partial charge on any atom is 0.341 e. The molecule has 2 aromatic carbocycles. The first-order valence-electron chi connectivity index (χ1n) is 5.13. The van der Waals surface area contributed by atoms with Crippen LogP contribution in [0.5, 0.6) is 11.5 Å². The normalized spacial score (nSPS) is 10.3. The average Bonchev–Trinajstić information content (AvgIpc) is 2.33. The van der Waals surface area contributed by atoms with Gasteiger partial charge in [-0.2, -0.15) is 0 Å². The van der Waals surface area contributed by atoms with Gasteiger partial charge >= 0.3 is 5.97 Å². The Labute approximate surface area is 112 Å². The highest BCUT2D eigenvalue weighted by molar-refractivity contribution is 6.33. The molecule has 0 aliphatic rings. The molecule has 0 aliphatic heterocycles. The Balaban J connectivity index is 2.46. The highest BCUT2D eigenvalue weighted by Gasteiger charge is 2.17. The number of rotatable bonds is 3. The van der Waals surface area contributed by atoms with Gasteiger partial charge in [-0.3, -0.25) is 0 Å². The number of carboxylic acids is 1. The molecule has 0 bridgehead atoms. The Morgan fingerprint density at radius 1 is 1.16 bits per heavy atom. The van der Waals surface area contributed by atoms with Crippen molar-refractivity contribution < 1.29 is 23.4 Å².